The van der Waals surface area contributed by atoms with Crippen LogP contribution in [0.3, 0.4) is 0 Å². The molecule has 0 atom stereocenters. The van der Waals surface area contributed by atoms with Gasteiger partial charge >= 0.3 is 6.18 Å². The van der Waals surface area contributed by atoms with Crippen molar-refractivity contribution in [2.45, 2.75) is 44.3 Å². The molecule has 10 heteroatoms. The highest BCUT2D eigenvalue weighted by Gasteiger charge is 2.36. The van der Waals surface area contributed by atoms with E-state index in [2.05, 4.69) is 26.5 Å². The number of rotatable bonds is 6. The Morgan fingerprint density at radius 2 is 1.71 bits per heavy atom. The lowest BCUT2D eigenvalue weighted by atomic mass is 9.98. The van der Waals surface area contributed by atoms with Gasteiger partial charge in [-0.2, -0.15) is 21.6 Å². The summed E-state index contributed by atoms with van der Waals surface area (Å²) in [6.45, 7) is 5.66. The molecule has 0 spiro atoms. The van der Waals surface area contributed by atoms with Gasteiger partial charge in [0.2, 0.25) is 0 Å². The first-order valence-electron chi connectivity index (χ1n) is 11.5. The molecule has 0 unspecified atom stereocenters. The molecule has 1 fully saturated rings. The third kappa shape index (κ3) is 5.58. The highest BCUT2D eigenvalue weighted by atomic mass is 32.2. The van der Waals surface area contributed by atoms with Crippen molar-refractivity contribution >= 4 is 21.7 Å². The fraction of sp³-hybridized carbons (Fsp3) is 0.360. The molecule has 186 valence electrons. The second kappa shape index (κ2) is 9.85. The number of anilines is 2. The molecule has 0 radical (unpaired) electrons. The molecule has 0 saturated carbocycles. The van der Waals surface area contributed by atoms with Crippen LogP contribution in [0.25, 0.3) is 11.3 Å². The number of aromatic nitrogens is 2. The normalized spacial score (nSPS) is 15.3. The van der Waals surface area contributed by atoms with Crippen molar-refractivity contribution in [2.75, 3.05) is 22.7 Å². The summed E-state index contributed by atoms with van der Waals surface area (Å²) in [6.07, 6.45) is -2.18. The van der Waals surface area contributed by atoms with Crippen LogP contribution in [0.2, 0.25) is 0 Å². The van der Waals surface area contributed by atoms with Crippen molar-refractivity contribution in [3.8, 4) is 11.3 Å². The quantitative estimate of drug-likeness (QED) is 0.462. The van der Waals surface area contributed by atoms with Crippen LogP contribution < -0.4 is 9.62 Å². The number of sulfonamides is 1. The monoisotopic (exact) mass is 504 g/mol. The molecule has 0 bridgehead atoms. The lowest BCUT2D eigenvalue weighted by Crippen LogP contribution is -2.33. The van der Waals surface area contributed by atoms with Crippen molar-refractivity contribution in [3.63, 3.8) is 0 Å². The van der Waals surface area contributed by atoms with E-state index >= 15 is 0 Å². The van der Waals surface area contributed by atoms with Gasteiger partial charge in [0.25, 0.3) is 10.0 Å². The first kappa shape index (κ1) is 25.0. The van der Waals surface area contributed by atoms with Gasteiger partial charge in [-0.3, -0.25) is 4.72 Å². The second-order valence-corrected chi connectivity index (χ2v) is 10.3. The van der Waals surface area contributed by atoms with E-state index in [1.807, 2.05) is 13.0 Å². The van der Waals surface area contributed by atoms with Crippen LogP contribution in [0.5, 0.6) is 0 Å². The van der Waals surface area contributed by atoms with E-state index in [1.54, 1.807) is 24.3 Å². The second-order valence-electron chi connectivity index (χ2n) is 8.71. The average molecular weight is 505 g/mol. The third-order valence-corrected chi connectivity index (χ3v) is 7.44. The SMILES string of the molecule is CCc1ccccc1-c1nc(S(=O)(=O)Nc2cccc(N3CCC(C)CC3)n2)ccc1C(F)(F)F. The Morgan fingerprint density at radius 3 is 2.40 bits per heavy atom. The summed E-state index contributed by atoms with van der Waals surface area (Å²) in [7, 11) is -4.29. The van der Waals surface area contributed by atoms with E-state index < -0.39 is 32.5 Å². The molecular formula is C25H27F3N4O2S. The molecule has 1 saturated heterocycles. The maximum atomic E-state index is 13.8. The smallest absolute Gasteiger partial charge is 0.357 e. The summed E-state index contributed by atoms with van der Waals surface area (Å²) in [5.74, 6) is 1.36. The first-order chi connectivity index (χ1) is 16.6. The highest BCUT2D eigenvalue weighted by Crippen LogP contribution is 2.38. The molecule has 3 heterocycles. The van der Waals surface area contributed by atoms with Crippen LogP contribution in [0.4, 0.5) is 24.8 Å². The first-order valence-corrected chi connectivity index (χ1v) is 13.0. The fourth-order valence-corrected chi connectivity index (χ4v) is 5.12. The number of nitrogens with zero attached hydrogens (tertiary/aromatic N) is 3. The number of alkyl halides is 3. The van der Waals surface area contributed by atoms with Gasteiger partial charge in [0.1, 0.15) is 11.6 Å². The van der Waals surface area contributed by atoms with Gasteiger partial charge < -0.3 is 4.90 Å². The maximum Gasteiger partial charge on any atom is 0.418 e. The molecule has 1 aliphatic rings. The number of nitrogens with one attached hydrogen (secondary N) is 1. The summed E-state index contributed by atoms with van der Waals surface area (Å²) in [4.78, 5) is 10.5. The van der Waals surface area contributed by atoms with Crippen LogP contribution in [-0.4, -0.2) is 31.5 Å². The topological polar surface area (TPSA) is 75.2 Å². The van der Waals surface area contributed by atoms with E-state index in [-0.39, 0.29) is 11.4 Å². The lowest BCUT2D eigenvalue weighted by molar-refractivity contribution is -0.137. The summed E-state index contributed by atoms with van der Waals surface area (Å²) < 4.78 is 69.9. The fourth-order valence-electron chi connectivity index (χ4n) is 4.17. The molecule has 1 aliphatic heterocycles. The molecule has 1 aromatic carbocycles. The van der Waals surface area contributed by atoms with Gasteiger partial charge in [-0.1, -0.05) is 44.2 Å². The zero-order valence-corrected chi connectivity index (χ0v) is 20.3. The van der Waals surface area contributed by atoms with Gasteiger partial charge in [0.05, 0.1) is 11.3 Å². The Bertz CT molecular complexity index is 1300. The molecule has 2 aromatic heterocycles. The molecule has 6 nitrogen and oxygen atoms in total. The number of pyridine rings is 2. The average Bonchev–Trinajstić information content (AvgIpc) is 2.83. The number of benzene rings is 1. The Labute approximate surface area is 203 Å². The standard InChI is InChI=1S/C25H27F3N4O2S/c1-3-18-7-4-5-8-19(18)24-20(25(26,27)28)11-12-23(30-24)35(33,34)31-21-9-6-10-22(29-21)32-15-13-17(2)14-16-32/h4-12,17H,3,13-16H2,1-2H3,(H,29,31). The van der Waals surface area contributed by atoms with Crippen molar-refractivity contribution in [1.82, 2.24) is 9.97 Å². The minimum atomic E-state index is -4.69. The molecule has 1 N–H and O–H groups in total. The Morgan fingerprint density at radius 1 is 1.00 bits per heavy atom. The van der Waals surface area contributed by atoms with E-state index in [0.29, 0.717) is 23.7 Å². The zero-order valence-electron chi connectivity index (χ0n) is 19.5. The van der Waals surface area contributed by atoms with E-state index in [0.717, 1.165) is 38.1 Å². The highest BCUT2D eigenvalue weighted by molar-refractivity contribution is 7.92. The third-order valence-electron chi connectivity index (χ3n) is 6.18. The summed E-state index contributed by atoms with van der Waals surface area (Å²) in [6, 6.07) is 13.2. The predicted octanol–water partition coefficient (Wildman–Crippen LogP) is 5.76. The van der Waals surface area contributed by atoms with Crippen LogP contribution >= 0.6 is 0 Å². The van der Waals surface area contributed by atoms with Crippen LogP contribution in [0.15, 0.2) is 59.6 Å². The number of halogens is 3. The largest absolute Gasteiger partial charge is 0.418 e. The van der Waals surface area contributed by atoms with E-state index in [1.165, 1.54) is 12.1 Å². The minimum absolute atomic E-state index is 0.0818. The van der Waals surface area contributed by atoms with Crippen LogP contribution in [0, 0.1) is 5.92 Å². The number of piperidine rings is 1. The van der Waals surface area contributed by atoms with Crippen molar-refractivity contribution in [3.05, 3.63) is 65.7 Å². The molecule has 35 heavy (non-hydrogen) atoms. The van der Waals surface area contributed by atoms with Crippen molar-refractivity contribution in [1.29, 1.82) is 0 Å². The Kier molecular flexibility index (Phi) is 7.02. The van der Waals surface area contributed by atoms with Crippen molar-refractivity contribution in [2.24, 2.45) is 5.92 Å². The number of hydrogen-bond donors (Lipinski definition) is 1. The minimum Gasteiger partial charge on any atom is -0.357 e. The summed E-state index contributed by atoms with van der Waals surface area (Å²) in [5, 5.41) is -0.509. The van der Waals surface area contributed by atoms with Crippen LogP contribution in [-0.2, 0) is 22.6 Å². The van der Waals surface area contributed by atoms with E-state index in [4.69, 9.17) is 0 Å². The van der Waals surface area contributed by atoms with E-state index in [9.17, 15) is 21.6 Å². The summed E-state index contributed by atoms with van der Waals surface area (Å²) >= 11 is 0. The molecule has 0 aliphatic carbocycles. The maximum absolute atomic E-state index is 13.8. The van der Waals surface area contributed by atoms with Gasteiger partial charge in [-0.05, 0) is 55.0 Å². The van der Waals surface area contributed by atoms with Gasteiger partial charge in [-0.25, -0.2) is 9.97 Å². The van der Waals surface area contributed by atoms with Gasteiger partial charge in [0.15, 0.2) is 5.03 Å². The molecule has 3 aromatic rings. The van der Waals surface area contributed by atoms with Crippen LogP contribution in [0.1, 0.15) is 37.8 Å². The summed E-state index contributed by atoms with van der Waals surface area (Å²) in [5.41, 5.74) is -0.518. The predicted molar refractivity (Wildman–Crippen MR) is 130 cm³/mol. The Balaban J connectivity index is 1.69. The number of aryl methyl sites for hydroxylation is 1. The zero-order chi connectivity index (χ0) is 25.2. The van der Waals surface area contributed by atoms with Crippen molar-refractivity contribution < 1.29 is 21.6 Å². The molecule has 0 amide bonds. The lowest BCUT2D eigenvalue weighted by Gasteiger charge is -2.31. The number of hydrogen-bond acceptors (Lipinski definition) is 5. The molecule has 4 rings (SSSR count). The van der Waals surface area contributed by atoms with Gasteiger partial charge in [0, 0.05) is 18.7 Å². The Hall–Kier alpha value is -3.14. The van der Waals surface area contributed by atoms with Gasteiger partial charge in [-0.15, -0.1) is 0 Å². The molecular weight excluding hydrogens is 477 g/mol.